The van der Waals surface area contributed by atoms with Crippen LogP contribution < -0.4 is 0 Å². The number of allylic oxidation sites excluding steroid dienone is 2. The number of esters is 2. The molecule has 0 aromatic heterocycles. The van der Waals surface area contributed by atoms with E-state index in [1.54, 1.807) is 72.8 Å². The van der Waals surface area contributed by atoms with Gasteiger partial charge in [0.1, 0.15) is 19.3 Å². The summed E-state index contributed by atoms with van der Waals surface area (Å²) in [6, 6.07) is 17.3. The number of aliphatic hydroxyl groups is 1. The summed E-state index contributed by atoms with van der Waals surface area (Å²) in [6.07, 6.45) is 5.44. The van der Waals surface area contributed by atoms with Gasteiger partial charge in [0.2, 0.25) is 0 Å². The summed E-state index contributed by atoms with van der Waals surface area (Å²) < 4.78 is 10.1. The van der Waals surface area contributed by atoms with Crippen molar-refractivity contribution in [1.29, 1.82) is 0 Å². The van der Waals surface area contributed by atoms with E-state index in [1.165, 1.54) is 6.08 Å². The normalized spacial score (nSPS) is 12.2. The van der Waals surface area contributed by atoms with Crippen LogP contribution in [0, 0.1) is 0 Å². The molecule has 0 fully saturated rings. The Labute approximate surface area is 152 Å². The summed E-state index contributed by atoms with van der Waals surface area (Å²) in [5, 5.41) is 9.76. The number of benzene rings is 2. The van der Waals surface area contributed by atoms with Crippen molar-refractivity contribution in [3.05, 3.63) is 96.1 Å². The number of hydrogen-bond donors (Lipinski definition) is 1. The minimum Gasteiger partial charge on any atom is -0.459 e. The van der Waals surface area contributed by atoms with Gasteiger partial charge in [-0.2, -0.15) is 0 Å². The standard InChI is InChI=1S/C21H20O5/c22-19(16-26-21(24)18-12-6-2-7-13-18)14-8-3-9-15-25-20(23)17-10-4-1-5-11-17/h1-14,19,22H,15-16H2/b9-3+,14-8+. The van der Waals surface area contributed by atoms with Crippen molar-refractivity contribution in [3.63, 3.8) is 0 Å². The van der Waals surface area contributed by atoms with E-state index < -0.39 is 18.0 Å². The maximum atomic E-state index is 11.7. The van der Waals surface area contributed by atoms with Gasteiger partial charge in [0, 0.05) is 0 Å². The van der Waals surface area contributed by atoms with Crippen LogP contribution in [0.4, 0.5) is 0 Å². The van der Waals surface area contributed by atoms with E-state index in [0.29, 0.717) is 11.1 Å². The maximum Gasteiger partial charge on any atom is 0.338 e. The second kappa shape index (κ2) is 10.6. The van der Waals surface area contributed by atoms with Gasteiger partial charge in [0.15, 0.2) is 0 Å². The fourth-order valence-corrected chi connectivity index (χ4v) is 1.98. The first-order valence-electron chi connectivity index (χ1n) is 8.12. The Hall–Kier alpha value is -3.18. The molecular weight excluding hydrogens is 332 g/mol. The van der Waals surface area contributed by atoms with Crippen LogP contribution >= 0.6 is 0 Å². The van der Waals surface area contributed by atoms with Crippen molar-refractivity contribution in [3.8, 4) is 0 Å². The summed E-state index contributed by atoms with van der Waals surface area (Å²) >= 11 is 0. The van der Waals surface area contributed by atoms with Gasteiger partial charge in [0.05, 0.1) is 11.1 Å². The third kappa shape index (κ3) is 6.75. The molecule has 0 aliphatic carbocycles. The van der Waals surface area contributed by atoms with E-state index in [1.807, 2.05) is 6.07 Å². The summed E-state index contributed by atoms with van der Waals surface area (Å²) in [5.41, 5.74) is 0.927. The van der Waals surface area contributed by atoms with Crippen molar-refractivity contribution in [2.45, 2.75) is 6.10 Å². The van der Waals surface area contributed by atoms with Gasteiger partial charge in [-0.1, -0.05) is 54.6 Å². The van der Waals surface area contributed by atoms with Crippen molar-refractivity contribution >= 4 is 11.9 Å². The lowest BCUT2D eigenvalue weighted by Gasteiger charge is -2.07. The van der Waals surface area contributed by atoms with Gasteiger partial charge >= 0.3 is 11.9 Å². The van der Waals surface area contributed by atoms with E-state index in [-0.39, 0.29) is 13.2 Å². The van der Waals surface area contributed by atoms with Crippen molar-refractivity contribution < 1.29 is 24.2 Å². The number of carbonyl (C=O) groups excluding carboxylic acids is 2. The molecule has 0 bridgehead atoms. The van der Waals surface area contributed by atoms with E-state index in [4.69, 9.17) is 9.47 Å². The molecule has 5 heteroatoms. The molecule has 134 valence electrons. The predicted molar refractivity (Wildman–Crippen MR) is 97.7 cm³/mol. The summed E-state index contributed by atoms with van der Waals surface area (Å²) in [7, 11) is 0. The lowest BCUT2D eigenvalue weighted by molar-refractivity contribution is 0.0344. The minimum absolute atomic E-state index is 0.122. The SMILES string of the molecule is O=C(OC/C=C/C=C/C(O)COC(=O)c1ccccc1)c1ccccc1. The van der Waals surface area contributed by atoms with Crippen LogP contribution in [0.1, 0.15) is 20.7 Å². The fourth-order valence-electron chi connectivity index (χ4n) is 1.98. The Morgan fingerprint density at radius 2 is 1.38 bits per heavy atom. The molecule has 0 heterocycles. The Morgan fingerprint density at radius 1 is 0.846 bits per heavy atom. The van der Waals surface area contributed by atoms with Crippen LogP contribution in [0.25, 0.3) is 0 Å². The smallest absolute Gasteiger partial charge is 0.338 e. The van der Waals surface area contributed by atoms with E-state index in [2.05, 4.69) is 0 Å². The van der Waals surface area contributed by atoms with Gasteiger partial charge in [-0.25, -0.2) is 9.59 Å². The van der Waals surface area contributed by atoms with E-state index in [0.717, 1.165) is 0 Å². The molecule has 2 aromatic carbocycles. The molecular formula is C21H20O5. The molecule has 1 unspecified atom stereocenters. The van der Waals surface area contributed by atoms with Gasteiger partial charge in [-0.3, -0.25) is 0 Å². The Morgan fingerprint density at radius 3 is 1.96 bits per heavy atom. The lowest BCUT2D eigenvalue weighted by atomic mass is 10.2. The zero-order chi connectivity index (χ0) is 18.6. The van der Waals surface area contributed by atoms with E-state index >= 15 is 0 Å². The first-order valence-corrected chi connectivity index (χ1v) is 8.12. The second-order valence-electron chi connectivity index (χ2n) is 5.31. The molecule has 0 amide bonds. The lowest BCUT2D eigenvalue weighted by Crippen LogP contribution is -2.16. The average molecular weight is 352 g/mol. The van der Waals surface area contributed by atoms with Crippen LogP contribution in [0.5, 0.6) is 0 Å². The molecule has 5 nitrogen and oxygen atoms in total. The quantitative estimate of drug-likeness (QED) is 0.583. The predicted octanol–water partition coefficient (Wildman–Crippen LogP) is 3.17. The Bertz CT molecular complexity index is 750. The number of aliphatic hydroxyl groups excluding tert-OH is 1. The first kappa shape index (κ1) is 19.1. The number of rotatable bonds is 8. The molecule has 0 saturated carbocycles. The van der Waals surface area contributed by atoms with Gasteiger partial charge < -0.3 is 14.6 Å². The van der Waals surface area contributed by atoms with Gasteiger partial charge in [-0.05, 0) is 30.3 Å². The molecule has 0 spiro atoms. The second-order valence-corrected chi connectivity index (χ2v) is 5.31. The highest BCUT2D eigenvalue weighted by Crippen LogP contribution is 2.02. The van der Waals surface area contributed by atoms with Gasteiger partial charge in [0.25, 0.3) is 0 Å². The zero-order valence-electron chi connectivity index (χ0n) is 14.2. The highest BCUT2D eigenvalue weighted by atomic mass is 16.5. The molecule has 2 aromatic rings. The maximum absolute atomic E-state index is 11.7. The molecule has 0 aliphatic rings. The largest absolute Gasteiger partial charge is 0.459 e. The topological polar surface area (TPSA) is 72.8 Å². The van der Waals surface area contributed by atoms with Crippen LogP contribution in [0.3, 0.4) is 0 Å². The molecule has 1 N–H and O–H groups in total. The van der Waals surface area contributed by atoms with Gasteiger partial charge in [-0.15, -0.1) is 0 Å². The minimum atomic E-state index is -0.917. The average Bonchev–Trinajstić information content (AvgIpc) is 2.69. The highest BCUT2D eigenvalue weighted by Gasteiger charge is 2.08. The molecule has 2 rings (SSSR count). The van der Waals surface area contributed by atoms with Crippen molar-refractivity contribution in [1.82, 2.24) is 0 Å². The fraction of sp³-hybridized carbons (Fsp3) is 0.143. The Balaban J connectivity index is 1.65. The molecule has 0 radical (unpaired) electrons. The number of ether oxygens (including phenoxy) is 2. The van der Waals surface area contributed by atoms with Crippen LogP contribution in [-0.4, -0.2) is 36.4 Å². The summed E-state index contributed by atoms with van der Waals surface area (Å²) in [5.74, 6) is -0.881. The van der Waals surface area contributed by atoms with Crippen LogP contribution in [0.15, 0.2) is 85.0 Å². The van der Waals surface area contributed by atoms with Crippen LogP contribution in [-0.2, 0) is 9.47 Å². The number of carbonyl (C=O) groups is 2. The Kier molecular flexibility index (Phi) is 7.83. The summed E-state index contributed by atoms with van der Waals surface area (Å²) in [4.78, 5) is 23.4. The zero-order valence-corrected chi connectivity index (χ0v) is 14.2. The first-order chi connectivity index (χ1) is 12.7. The number of hydrogen-bond acceptors (Lipinski definition) is 5. The van der Waals surface area contributed by atoms with Crippen molar-refractivity contribution in [2.24, 2.45) is 0 Å². The van der Waals surface area contributed by atoms with E-state index in [9.17, 15) is 14.7 Å². The molecule has 1 atom stereocenters. The van der Waals surface area contributed by atoms with Crippen LogP contribution in [0.2, 0.25) is 0 Å². The molecule has 0 aliphatic heterocycles. The van der Waals surface area contributed by atoms with Crippen molar-refractivity contribution in [2.75, 3.05) is 13.2 Å². The molecule has 0 saturated heterocycles. The highest BCUT2D eigenvalue weighted by molar-refractivity contribution is 5.89. The molecule has 26 heavy (non-hydrogen) atoms. The third-order valence-corrected chi connectivity index (χ3v) is 3.30. The monoisotopic (exact) mass is 352 g/mol. The summed E-state index contributed by atoms with van der Waals surface area (Å²) in [6.45, 7) is -0.0157. The third-order valence-electron chi connectivity index (χ3n) is 3.30.